The Morgan fingerprint density at radius 1 is 1.21 bits per heavy atom. The molecule has 5 nitrogen and oxygen atoms in total. The lowest BCUT2D eigenvalue weighted by Crippen LogP contribution is -2.34. The van der Waals surface area contributed by atoms with Gasteiger partial charge in [-0.05, 0) is 61.4 Å². The number of benzene rings is 2. The van der Waals surface area contributed by atoms with Crippen LogP contribution in [-0.4, -0.2) is 18.4 Å². The van der Waals surface area contributed by atoms with E-state index in [1.807, 2.05) is 31.2 Å². The molecule has 2 aromatic rings. The van der Waals surface area contributed by atoms with Gasteiger partial charge in [0.15, 0.2) is 0 Å². The summed E-state index contributed by atoms with van der Waals surface area (Å²) in [7, 11) is 0. The zero-order chi connectivity index (χ0) is 17.1. The first kappa shape index (κ1) is 15.8. The zero-order valence-electron chi connectivity index (χ0n) is 13.4. The van der Waals surface area contributed by atoms with Crippen LogP contribution in [0.2, 0.25) is 0 Å². The fourth-order valence-electron chi connectivity index (χ4n) is 2.88. The van der Waals surface area contributed by atoms with E-state index < -0.39 is 0 Å². The highest BCUT2D eigenvalue weighted by Crippen LogP contribution is 2.30. The molecule has 0 saturated carbocycles. The number of fused-ring (bicyclic) bond motifs is 1. The first-order valence-corrected chi connectivity index (χ1v) is 7.87. The summed E-state index contributed by atoms with van der Waals surface area (Å²) in [5, 5.41) is 11.7. The van der Waals surface area contributed by atoms with Gasteiger partial charge in [-0.2, -0.15) is 5.26 Å². The van der Waals surface area contributed by atoms with Crippen LogP contribution in [0.3, 0.4) is 0 Å². The molecule has 5 heteroatoms. The Bertz CT molecular complexity index is 835. The van der Waals surface area contributed by atoms with E-state index in [4.69, 9.17) is 5.26 Å². The number of rotatable bonds is 3. The quantitative estimate of drug-likeness (QED) is 0.944. The molecule has 1 aliphatic rings. The molecule has 0 aromatic heterocycles. The van der Waals surface area contributed by atoms with Gasteiger partial charge in [0.05, 0.1) is 11.6 Å². The van der Waals surface area contributed by atoms with Crippen molar-refractivity contribution in [3.8, 4) is 6.07 Å². The monoisotopic (exact) mass is 319 g/mol. The van der Waals surface area contributed by atoms with Crippen LogP contribution < -0.4 is 10.2 Å². The van der Waals surface area contributed by atoms with E-state index >= 15 is 0 Å². The van der Waals surface area contributed by atoms with Gasteiger partial charge < -0.3 is 10.2 Å². The molecule has 2 amide bonds. The Hall–Kier alpha value is -3.13. The van der Waals surface area contributed by atoms with Crippen molar-refractivity contribution < 1.29 is 9.59 Å². The largest absolute Gasteiger partial charge is 0.322 e. The summed E-state index contributed by atoms with van der Waals surface area (Å²) >= 11 is 0. The van der Waals surface area contributed by atoms with Crippen molar-refractivity contribution in [3.63, 3.8) is 0 Å². The molecule has 24 heavy (non-hydrogen) atoms. The summed E-state index contributed by atoms with van der Waals surface area (Å²) in [6, 6.07) is 14.1. The predicted octanol–water partition coefficient (Wildman–Crippen LogP) is 3.11. The van der Waals surface area contributed by atoms with Gasteiger partial charge in [-0.1, -0.05) is 0 Å². The fourth-order valence-corrected chi connectivity index (χ4v) is 2.88. The van der Waals surface area contributed by atoms with Crippen LogP contribution in [0.4, 0.5) is 11.4 Å². The van der Waals surface area contributed by atoms with Crippen LogP contribution in [-0.2, 0) is 11.2 Å². The highest BCUT2D eigenvalue weighted by Gasteiger charge is 2.23. The number of nitriles is 1. The summed E-state index contributed by atoms with van der Waals surface area (Å²) in [6.45, 7) is 2.59. The molecule has 0 aliphatic carbocycles. The summed E-state index contributed by atoms with van der Waals surface area (Å²) in [5.41, 5.74) is 3.70. The number of hydrogen-bond acceptors (Lipinski definition) is 3. The maximum atomic E-state index is 12.3. The van der Waals surface area contributed by atoms with Crippen molar-refractivity contribution in [2.75, 3.05) is 16.8 Å². The van der Waals surface area contributed by atoms with Crippen molar-refractivity contribution in [2.24, 2.45) is 0 Å². The molecule has 0 spiro atoms. The summed E-state index contributed by atoms with van der Waals surface area (Å²) in [4.78, 5) is 26.0. The van der Waals surface area contributed by atoms with Gasteiger partial charge in [0.2, 0.25) is 5.91 Å². The van der Waals surface area contributed by atoms with E-state index in [-0.39, 0.29) is 11.8 Å². The number of carbonyl (C=O) groups is 2. The third kappa shape index (κ3) is 2.99. The lowest BCUT2D eigenvalue weighted by molar-refractivity contribution is -0.118. The molecule has 0 saturated heterocycles. The summed E-state index contributed by atoms with van der Waals surface area (Å²) < 4.78 is 0. The van der Waals surface area contributed by atoms with Gasteiger partial charge in [0.1, 0.15) is 0 Å². The third-order valence-corrected chi connectivity index (χ3v) is 4.13. The first-order chi connectivity index (χ1) is 11.6. The molecule has 0 unspecified atom stereocenters. The Morgan fingerprint density at radius 2 is 1.96 bits per heavy atom. The number of nitrogens with one attached hydrogen (secondary N) is 1. The van der Waals surface area contributed by atoms with Crippen LogP contribution in [0, 0.1) is 11.3 Å². The smallest absolute Gasteiger partial charge is 0.255 e. The Morgan fingerprint density at radius 3 is 2.62 bits per heavy atom. The van der Waals surface area contributed by atoms with E-state index in [0.717, 1.165) is 11.3 Å². The second-order valence-electron chi connectivity index (χ2n) is 5.62. The number of aryl methyl sites for hydroxylation is 1. The van der Waals surface area contributed by atoms with E-state index in [0.29, 0.717) is 36.2 Å². The molecule has 1 heterocycles. The maximum Gasteiger partial charge on any atom is 0.255 e. The van der Waals surface area contributed by atoms with Gasteiger partial charge >= 0.3 is 0 Å². The third-order valence-electron chi connectivity index (χ3n) is 4.13. The van der Waals surface area contributed by atoms with Crippen molar-refractivity contribution >= 4 is 23.2 Å². The minimum absolute atomic E-state index is 0.138. The molecule has 3 rings (SSSR count). The van der Waals surface area contributed by atoms with Gasteiger partial charge in [0, 0.05) is 29.9 Å². The molecule has 1 aliphatic heterocycles. The average molecular weight is 319 g/mol. The van der Waals surface area contributed by atoms with E-state index in [2.05, 4.69) is 5.32 Å². The molecular formula is C19H17N3O2. The summed E-state index contributed by atoms with van der Waals surface area (Å²) in [5.74, 6) is -0.0851. The van der Waals surface area contributed by atoms with Crippen molar-refractivity contribution in [1.29, 1.82) is 5.26 Å². The fraction of sp³-hybridized carbons (Fsp3) is 0.211. The standard InChI is InChI=1S/C19H17N3O2/c1-2-22-17-9-8-16(11-15(17)7-10-18(22)23)21-19(24)14-5-3-13(12-20)4-6-14/h3-6,8-9,11H,2,7,10H2,1H3,(H,21,24). The second kappa shape index (κ2) is 6.55. The number of hydrogen-bond donors (Lipinski definition) is 1. The molecule has 0 fully saturated rings. The van der Waals surface area contributed by atoms with Crippen molar-refractivity contribution in [1.82, 2.24) is 0 Å². The molecule has 2 aromatic carbocycles. The van der Waals surface area contributed by atoms with E-state index in [1.54, 1.807) is 29.2 Å². The molecule has 0 atom stereocenters. The van der Waals surface area contributed by atoms with Gasteiger partial charge in [-0.25, -0.2) is 0 Å². The Kier molecular flexibility index (Phi) is 4.30. The molecule has 0 radical (unpaired) electrons. The highest BCUT2D eigenvalue weighted by atomic mass is 16.2. The maximum absolute atomic E-state index is 12.3. The molecule has 1 N–H and O–H groups in total. The zero-order valence-corrected chi connectivity index (χ0v) is 13.4. The van der Waals surface area contributed by atoms with Gasteiger partial charge in [-0.15, -0.1) is 0 Å². The highest BCUT2D eigenvalue weighted by molar-refractivity contribution is 6.04. The second-order valence-corrected chi connectivity index (χ2v) is 5.62. The topological polar surface area (TPSA) is 73.2 Å². The number of anilines is 2. The number of nitrogens with zero attached hydrogens (tertiary/aromatic N) is 2. The Labute approximate surface area is 140 Å². The van der Waals surface area contributed by atoms with E-state index in [9.17, 15) is 9.59 Å². The van der Waals surface area contributed by atoms with Crippen LogP contribution >= 0.6 is 0 Å². The predicted molar refractivity (Wildman–Crippen MR) is 91.9 cm³/mol. The van der Waals surface area contributed by atoms with Gasteiger partial charge in [0.25, 0.3) is 5.91 Å². The normalized spacial score (nSPS) is 13.2. The van der Waals surface area contributed by atoms with Crippen molar-refractivity contribution in [2.45, 2.75) is 19.8 Å². The average Bonchev–Trinajstić information content (AvgIpc) is 2.62. The van der Waals surface area contributed by atoms with E-state index in [1.165, 1.54) is 0 Å². The lowest BCUT2D eigenvalue weighted by atomic mass is 10.0. The molecular weight excluding hydrogens is 302 g/mol. The number of carbonyl (C=O) groups excluding carboxylic acids is 2. The lowest BCUT2D eigenvalue weighted by Gasteiger charge is -2.28. The van der Waals surface area contributed by atoms with Crippen LogP contribution in [0.25, 0.3) is 0 Å². The molecule has 0 bridgehead atoms. The summed E-state index contributed by atoms with van der Waals surface area (Å²) in [6.07, 6.45) is 1.18. The van der Waals surface area contributed by atoms with Crippen molar-refractivity contribution in [3.05, 3.63) is 59.2 Å². The van der Waals surface area contributed by atoms with Crippen LogP contribution in [0.5, 0.6) is 0 Å². The van der Waals surface area contributed by atoms with Gasteiger partial charge in [-0.3, -0.25) is 9.59 Å². The number of amides is 2. The first-order valence-electron chi connectivity index (χ1n) is 7.87. The van der Waals surface area contributed by atoms with Crippen LogP contribution in [0.15, 0.2) is 42.5 Å². The minimum Gasteiger partial charge on any atom is -0.322 e. The molecule has 120 valence electrons. The van der Waals surface area contributed by atoms with Crippen LogP contribution in [0.1, 0.15) is 34.8 Å². The minimum atomic E-state index is -0.223. The Balaban J connectivity index is 1.80. The SMILES string of the molecule is CCN1C(=O)CCc2cc(NC(=O)c3ccc(C#N)cc3)ccc21.